The number of carbonyl (C=O) groups is 3. The minimum Gasteiger partial charge on any atom is -0.324 e. The highest BCUT2D eigenvalue weighted by Gasteiger charge is 2.54. The van der Waals surface area contributed by atoms with E-state index in [9.17, 15) is 23.2 Å². The Hall–Kier alpha value is -3.72. The quantitative estimate of drug-likeness (QED) is 0.398. The van der Waals surface area contributed by atoms with Crippen LogP contribution >= 0.6 is 11.8 Å². The second-order valence-corrected chi connectivity index (χ2v) is 8.26. The van der Waals surface area contributed by atoms with Gasteiger partial charge in [0.05, 0.1) is 5.69 Å². The predicted molar refractivity (Wildman–Crippen MR) is 121 cm³/mol. The van der Waals surface area contributed by atoms with Gasteiger partial charge in [-0.05, 0) is 23.3 Å². The minimum absolute atomic E-state index is 0.178. The van der Waals surface area contributed by atoms with Crippen molar-refractivity contribution in [3.8, 4) is 0 Å². The van der Waals surface area contributed by atoms with E-state index < -0.39 is 35.7 Å². The van der Waals surface area contributed by atoms with Gasteiger partial charge in [0.25, 0.3) is 11.7 Å². The van der Waals surface area contributed by atoms with Crippen molar-refractivity contribution in [2.24, 2.45) is 0 Å². The van der Waals surface area contributed by atoms with Crippen LogP contribution in [0.1, 0.15) is 11.1 Å². The lowest BCUT2D eigenvalue weighted by molar-refractivity contribution is -0.133. The van der Waals surface area contributed by atoms with E-state index in [2.05, 4.69) is 10.6 Å². The summed E-state index contributed by atoms with van der Waals surface area (Å²) in [4.78, 5) is 40.2. The monoisotopic (exact) mass is 467 g/mol. The van der Waals surface area contributed by atoms with Crippen molar-refractivity contribution in [2.45, 2.75) is 16.2 Å². The van der Waals surface area contributed by atoms with Crippen molar-refractivity contribution < 1.29 is 23.2 Å². The Morgan fingerprint density at radius 3 is 2.03 bits per heavy atom. The number of benzene rings is 3. The third kappa shape index (κ3) is 4.45. The highest BCUT2D eigenvalue weighted by molar-refractivity contribution is 7.99. The van der Waals surface area contributed by atoms with Crippen LogP contribution in [0.2, 0.25) is 0 Å². The summed E-state index contributed by atoms with van der Waals surface area (Å²) in [7, 11) is 0. The van der Waals surface area contributed by atoms with Crippen molar-refractivity contribution in [1.29, 1.82) is 0 Å². The van der Waals surface area contributed by atoms with E-state index >= 15 is 0 Å². The molecule has 4 amide bonds. The first-order valence-electron chi connectivity index (χ1n) is 10.0. The predicted octanol–water partition coefficient (Wildman–Crippen LogP) is 4.44. The normalized spacial score (nSPS) is 14.9. The summed E-state index contributed by atoms with van der Waals surface area (Å²) in [6.45, 7) is -0.570. The molecule has 2 N–H and O–H groups in total. The fourth-order valence-corrected chi connectivity index (χ4v) is 4.35. The number of anilines is 1. The van der Waals surface area contributed by atoms with E-state index in [0.717, 1.165) is 4.90 Å². The number of rotatable bonds is 7. The number of hydrogen-bond acceptors (Lipinski definition) is 4. The Morgan fingerprint density at radius 1 is 0.909 bits per heavy atom. The largest absolute Gasteiger partial charge is 0.326 e. The maximum Gasteiger partial charge on any atom is 0.326 e. The number of urea groups is 1. The van der Waals surface area contributed by atoms with E-state index in [1.807, 2.05) is 0 Å². The third-order valence-corrected chi connectivity index (χ3v) is 5.99. The zero-order valence-corrected chi connectivity index (χ0v) is 18.0. The van der Waals surface area contributed by atoms with Gasteiger partial charge in [0, 0.05) is 4.90 Å². The highest BCUT2D eigenvalue weighted by atomic mass is 32.2. The molecule has 1 saturated heterocycles. The van der Waals surface area contributed by atoms with Crippen molar-refractivity contribution in [3.63, 3.8) is 0 Å². The summed E-state index contributed by atoms with van der Waals surface area (Å²) in [6.07, 6.45) is 0. The topological polar surface area (TPSA) is 78.5 Å². The number of alkyl halides is 2. The Morgan fingerprint density at radius 2 is 1.45 bits per heavy atom. The molecule has 0 bridgehead atoms. The zero-order valence-electron chi connectivity index (χ0n) is 17.2. The average Bonchev–Trinajstić information content (AvgIpc) is 3.07. The van der Waals surface area contributed by atoms with Gasteiger partial charge >= 0.3 is 6.03 Å². The molecule has 6 nitrogen and oxygen atoms in total. The van der Waals surface area contributed by atoms with Crippen LogP contribution in [0.15, 0.2) is 89.8 Å². The van der Waals surface area contributed by atoms with Gasteiger partial charge in [0.2, 0.25) is 5.91 Å². The van der Waals surface area contributed by atoms with Gasteiger partial charge in [-0.25, -0.2) is 4.79 Å². The van der Waals surface area contributed by atoms with Crippen LogP contribution in [0.3, 0.4) is 0 Å². The van der Waals surface area contributed by atoms with Gasteiger partial charge in [0.15, 0.2) is 5.54 Å². The van der Waals surface area contributed by atoms with Gasteiger partial charge in [-0.1, -0.05) is 84.6 Å². The summed E-state index contributed by atoms with van der Waals surface area (Å²) in [5, 5.41) is 5.28. The molecule has 168 valence electrons. The molecule has 0 spiro atoms. The Labute approximate surface area is 193 Å². The number of carbonyl (C=O) groups excluding carboxylic acids is 3. The summed E-state index contributed by atoms with van der Waals surface area (Å²) in [5.41, 5.74) is -0.201. The first-order chi connectivity index (χ1) is 15.9. The van der Waals surface area contributed by atoms with Crippen molar-refractivity contribution in [2.75, 3.05) is 11.9 Å². The number of nitrogens with zero attached hydrogens (tertiary/aromatic N) is 1. The first kappa shape index (κ1) is 22.5. The molecule has 4 rings (SSSR count). The summed E-state index contributed by atoms with van der Waals surface area (Å²) < 4.78 is 25.6. The van der Waals surface area contributed by atoms with E-state index in [-0.39, 0.29) is 10.6 Å². The van der Waals surface area contributed by atoms with Crippen LogP contribution < -0.4 is 10.6 Å². The molecule has 0 atom stereocenters. The van der Waals surface area contributed by atoms with E-state index in [4.69, 9.17) is 0 Å². The maximum absolute atomic E-state index is 13.6. The van der Waals surface area contributed by atoms with Gasteiger partial charge in [0.1, 0.15) is 6.54 Å². The SMILES string of the molecule is O=C(CN1C(=O)NC(c2ccccc2)(c2ccccc2)C1=O)Nc1ccccc1SC(F)F. The van der Waals surface area contributed by atoms with Crippen LogP contribution in [0.4, 0.5) is 19.3 Å². The van der Waals surface area contributed by atoms with Crippen molar-refractivity contribution in [1.82, 2.24) is 10.2 Å². The Balaban J connectivity index is 1.61. The number of halogens is 2. The van der Waals surface area contributed by atoms with Gasteiger partial charge in [-0.2, -0.15) is 8.78 Å². The maximum atomic E-state index is 13.6. The van der Waals surface area contributed by atoms with Gasteiger partial charge < -0.3 is 10.6 Å². The molecule has 1 fully saturated rings. The summed E-state index contributed by atoms with van der Waals surface area (Å²) >= 11 is 0.297. The summed E-state index contributed by atoms with van der Waals surface area (Å²) in [6, 6.07) is 22.9. The lowest BCUT2D eigenvalue weighted by Crippen LogP contribution is -2.45. The lowest BCUT2D eigenvalue weighted by atomic mass is 9.82. The molecule has 0 saturated carbocycles. The molecule has 0 unspecified atom stereocenters. The van der Waals surface area contributed by atoms with E-state index in [1.54, 1.807) is 72.8 Å². The fraction of sp³-hybridized carbons (Fsp3) is 0.125. The molecule has 3 aromatic carbocycles. The average molecular weight is 467 g/mol. The number of para-hydroxylation sites is 1. The molecule has 0 aliphatic carbocycles. The first-order valence-corrected chi connectivity index (χ1v) is 10.9. The molecule has 1 aliphatic rings. The Bertz CT molecular complexity index is 1140. The third-order valence-electron chi connectivity index (χ3n) is 5.20. The van der Waals surface area contributed by atoms with Crippen LogP contribution in [0.5, 0.6) is 0 Å². The highest BCUT2D eigenvalue weighted by Crippen LogP contribution is 2.36. The van der Waals surface area contributed by atoms with Crippen LogP contribution in [0.25, 0.3) is 0 Å². The second-order valence-electron chi connectivity index (χ2n) is 7.23. The molecular formula is C24H19F2N3O3S. The number of hydrogen-bond donors (Lipinski definition) is 2. The number of amides is 4. The number of imide groups is 1. The van der Waals surface area contributed by atoms with Crippen LogP contribution in [-0.2, 0) is 15.1 Å². The Kier molecular flexibility index (Phi) is 6.41. The molecule has 1 heterocycles. The number of thioether (sulfide) groups is 1. The molecule has 33 heavy (non-hydrogen) atoms. The molecule has 0 radical (unpaired) electrons. The molecule has 0 aromatic heterocycles. The molecule has 9 heteroatoms. The lowest BCUT2D eigenvalue weighted by Gasteiger charge is -2.28. The molecular weight excluding hydrogens is 448 g/mol. The fourth-order valence-electron chi connectivity index (χ4n) is 3.76. The summed E-state index contributed by atoms with van der Waals surface area (Å²) in [5.74, 6) is -3.95. The van der Waals surface area contributed by atoms with E-state index in [1.165, 1.54) is 12.1 Å². The minimum atomic E-state index is -2.66. The van der Waals surface area contributed by atoms with E-state index in [0.29, 0.717) is 22.9 Å². The molecule has 3 aromatic rings. The van der Waals surface area contributed by atoms with Crippen molar-refractivity contribution in [3.05, 3.63) is 96.1 Å². The van der Waals surface area contributed by atoms with Crippen LogP contribution in [-0.4, -0.2) is 35.0 Å². The standard InChI is InChI=1S/C24H19F2N3O3S/c25-22(26)33-19-14-8-7-13-18(19)27-20(30)15-29-21(31)24(28-23(29)32,16-9-3-1-4-10-16)17-11-5-2-6-12-17/h1-14,22H,15H2,(H,27,30)(H,28,32). The smallest absolute Gasteiger partial charge is 0.324 e. The zero-order chi connectivity index (χ0) is 23.4. The van der Waals surface area contributed by atoms with Crippen LogP contribution in [0, 0.1) is 0 Å². The number of nitrogens with one attached hydrogen (secondary N) is 2. The molecule has 1 aliphatic heterocycles. The van der Waals surface area contributed by atoms with Gasteiger partial charge in [-0.3, -0.25) is 14.5 Å². The van der Waals surface area contributed by atoms with Crippen molar-refractivity contribution >= 4 is 35.3 Å². The van der Waals surface area contributed by atoms with Gasteiger partial charge in [-0.15, -0.1) is 0 Å². The second kappa shape index (κ2) is 9.41.